The van der Waals surface area contributed by atoms with E-state index in [0.717, 1.165) is 45.7 Å². The number of nitrogens with one attached hydrogen (secondary N) is 1. The molecule has 0 fully saturated rings. The van der Waals surface area contributed by atoms with Crippen LogP contribution < -0.4 is 10.2 Å². The van der Waals surface area contributed by atoms with Crippen LogP contribution in [-0.4, -0.2) is 21.5 Å². The summed E-state index contributed by atoms with van der Waals surface area (Å²) in [6.45, 7) is 13.1. The van der Waals surface area contributed by atoms with Gasteiger partial charge >= 0.3 is 0 Å². The number of aromatic nitrogens is 2. The largest absolute Gasteiger partial charge is 0.337 e. The maximum absolute atomic E-state index is 5.37. The first kappa shape index (κ1) is 26.9. The Morgan fingerprint density at radius 1 is 0.744 bits per heavy atom. The minimum absolute atomic E-state index is 0.0599. The van der Waals surface area contributed by atoms with E-state index in [1.807, 2.05) is 28.9 Å². The molecule has 5 aromatic rings. The maximum atomic E-state index is 5.37. The van der Waals surface area contributed by atoms with Crippen LogP contribution in [0.1, 0.15) is 60.3 Å². The summed E-state index contributed by atoms with van der Waals surface area (Å²) >= 11 is 0. The molecule has 3 heterocycles. The molecule has 43 heavy (non-hydrogen) atoms. The number of para-hydroxylation sites is 3. The van der Waals surface area contributed by atoms with Crippen LogP contribution in [0.4, 0.5) is 22.9 Å². The van der Waals surface area contributed by atoms with Crippen LogP contribution in [0.25, 0.3) is 5.69 Å². The van der Waals surface area contributed by atoms with Gasteiger partial charge in [-0.2, -0.15) is 5.10 Å². The van der Waals surface area contributed by atoms with Gasteiger partial charge in [0.2, 0.25) is 0 Å². The van der Waals surface area contributed by atoms with Gasteiger partial charge in [-0.1, -0.05) is 81.4 Å². The van der Waals surface area contributed by atoms with Crippen LogP contribution in [0.15, 0.2) is 107 Å². The molecule has 1 N–H and O–H groups in total. The van der Waals surface area contributed by atoms with Gasteiger partial charge in [0, 0.05) is 11.3 Å². The van der Waals surface area contributed by atoms with Crippen LogP contribution in [0.2, 0.25) is 0 Å². The van der Waals surface area contributed by atoms with Crippen molar-refractivity contribution in [3.63, 3.8) is 0 Å². The molecule has 0 unspecified atom stereocenters. The number of hydrogen-bond donors (Lipinski definition) is 1. The van der Waals surface area contributed by atoms with Gasteiger partial charge in [0.05, 0.1) is 28.8 Å². The van der Waals surface area contributed by atoms with Crippen LogP contribution in [0, 0.1) is 20.8 Å². The SMILES string of the molecule is Cc1cc(C)cc(NC2=Nc3ccccc3N3C2=Nc2c(c(C)nn2-c2ccccc2)[C@H]3c2ccc(C(C)(C)C)cc2)c1. The van der Waals surface area contributed by atoms with Crippen molar-refractivity contribution in [3.8, 4) is 5.69 Å². The second kappa shape index (κ2) is 10.1. The second-order valence-corrected chi connectivity index (χ2v) is 12.6. The monoisotopic (exact) mass is 564 g/mol. The van der Waals surface area contributed by atoms with E-state index in [1.165, 1.54) is 22.3 Å². The summed E-state index contributed by atoms with van der Waals surface area (Å²) in [6, 6.07) is 34.0. The summed E-state index contributed by atoms with van der Waals surface area (Å²) in [5, 5.41) is 8.71. The highest BCUT2D eigenvalue weighted by Gasteiger charge is 2.41. The number of amidine groups is 2. The van der Waals surface area contributed by atoms with Crippen molar-refractivity contribution < 1.29 is 0 Å². The lowest BCUT2D eigenvalue weighted by Gasteiger charge is -2.40. The highest BCUT2D eigenvalue weighted by atomic mass is 15.4. The third-order valence-corrected chi connectivity index (χ3v) is 8.22. The normalized spacial score (nSPS) is 15.7. The van der Waals surface area contributed by atoms with E-state index in [0.29, 0.717) is 5.84 Å². The first-order chi connectivity index (χ1) is 20.7. The van der Waals surface area contributed by atoms with Crippen LogP contribution in [0.3, 0.4) is 0 Å². The summed E-state index contributed by atoms with van der Waals surface area (Å²) in [4.78, 5) is 12.9. The third kappa shape index (κ3) is 4.73. The van der Waals surface area contributed by atoms with Gasteiger partial charge in [-0.3, -0.25) is 0 Å². The Hall–Kier alpha value is -4.97. The number of anilines is 2. The number of nitrogens with zero attached hydrogens (tertiary/aromatic N) is 5. The van der Waals surface area contributed by atoms with E-state index in [9.17, 15) is 0 Å². The zero-order valence-corrected chi connectivity index (χ0v) is 25.6. The molecular formula is C37H36N6. The molecule has 0 radical (unpaired) electrons. The number of aryl methyl sites for hydroxylation is 3. The molecule has 0 saturated heterocycles. The fourth-order valence-corrected chi connectivity index (χ4v) is 6.21. The van der Waals surface area contributed by atoms with Crippen LogP contribution >= 0.6 is 0 Å². The molecule has 6 heteroatoms. The average molecular weight is 565 g/mol. The van der Waals surface area contributed by atoms with E-state index in [-0.39, 0.29) is 11.5 Å². The molecule has 0 amide bonds. The molecule has 0 spiro atoms. The molecule has 2 aliphatic rings. The molecule has 214 valence electrons. The molecular weight excluding hydrogens is 528 g/mol. The Morgan fingerprint density at radius 3 is 2.12 bits per heavy atom. The first-order valence-electron chi connectivity index (χ1n) is 14.8. The lowest BCUT2D eigenvalue weighted by Crippen LogP contribution is -2.46. The van der Waals surface area contributed by atoms with E-state index in [4.69, 9.17) is 15.1 Å². The number of rotatable bonds is 3. The third-order valence-electron chi connectivity index (χ3n) is 8.22. The predicted octanol–water partition coefficient (Wildman–Crippen LogP) is 8.89. The fraction of sp³-hybridized carbons (Fsp3) is 0.216. The van der Waals surface area contributed by atoms with E-state index in [2.05, 4.69) is 125 Å². The molecule has 4 aromatic carbocycles. The lowest BCUT2D eigenvalue weighted by molar-refractivity contribution is 0.589. The summed E-state index contributed by atoms with van der Waals surface area (Å²) < 4.78 is 1.97. The average Bonchev–Trinajstić information content (AvgIpc) is 3.31. The zero-order chi connectivity index (χ0) is 29.9. The zero-order valence-electron chi connectivity index (χ0n) is 25.6. The number of aliphatic imine (C=N–C) groups is 2. The van der Waals surface area contributed by atoms with Crippen LogP contribution in [-0.2, 0) is 5.41 Å². The summed E-state index contributed by atoms with van der Waals surface area (Å²) in [5.74, 6) is 2.31. The number of hydrogen-bond acceptors (Lipinski definition) is 5. The molecule has 0 aliphatic carbocycles. The first-order valence-corrected chi connectivity index (χ1v) is 14.8. The van der Waals surface area contributed by atoms with Gasteiger partial charge in [0.1, 0.15) is 0 Å². The Kier molecular flexibility index (Phi) is 6.31. The van der Waals surface area contributed by atoms with Gasteiger partial charge in [0.25, 0.3) is 0 Å². The minimum Gasteiger partial charge on any atom is -0.337 e. The molecule has 7 rings (SSSR count). The van der Waals surface area contributed by atoms with Crippen molar-refractivity contribution in [2.24, 2.45) is 9.98 Å². The summed E-state index contributed by atoms with van der Waals surface area (Å²) in [7, 11) is 0. The Labute approximate surface area is 253 Å². The quantitative estimate of drug-likeness (QED) is 0.238. The summed E-state index contributed by atoms with van der Waals surface area (Å²) in [5.41, 5.74) is 10.9. The molecule has 1 aromatic heterocycles. The Balaban J connectivity index is 1.48. The fourth-order valence-electron chi connectivity index (χ4n) is 6.21. The molecule has 0 bridgehead atoms. The van der Waals surface area contributed by atoms with E-state index < -0.39 is 0 Å². The lowest BCUT2D eigenvalue weighted by atomic mass is 9.85. The van der Waals surface area contributed by atoms with Gasteiger partial charge < -0.3 is 10.2 Å². The van der Waals surface area contributed by atoms with Crippen molar-refractivity contribution >= 4 is 34.6 Å². The Morgan fingerprint density at radius 2 is 1.42 bits per heavy atom. The highest BCUT2D eigenvalue weighted by Crippen LogP contribution is 2.48. The van der Waals surface area contributed by atoms with Crippen molar-refractivity contribution in [2.45, 2.75) is 53.0 Å². The molecule has 0 saturated carbocycles. The standard InChI is InChI=1S/C37H36N6/c1-23-20-24(2)22-28(21-23)38-34-36-40-35-32(25(3)41-43(35)29-12-8-7-9-13-29)33(26-16-18-27(19-17-26)37(4,5)6)42(36)31-15-11-10-14-30(31)39-34/h7-22,33H,1-6H3,(H,38,39)/t33-/m1/s1. The predicted molar refractivity (Wildman–Crippen MR) is 178 cm³/mol. The van der Waals surface area contributed by atoms with Crippen molar-refractivity contribution in [3.05, 3.63) is 131 Å². The molecule has 2 aliphatic heterocycles. The van der Waals surface area contributed by atoms with Gasteiger partial charge in [-0.15, -0.1) is 0 Å². The van der Waals surface area contributed by atoms with Gasteiger partial charge in [-0.25, -0.2) is 14.7 Å². The highest BCUT2D eigenvalue weighted by molar-refractivity contribution is 6.51. The molecule has 1 atom stereocenters. The maximum Gasteiger partial charge on any atom is 0.179 e. The number of fused-ring (bicyclic) bond motifs is 4. The smallest absolute Gasteiger partial charge is 0.179 e. The van der Waals surface area contributed by atoms with Gasteiger partial charge in [-0.05, 0) is 84.8 Å². The van der Waals surface area contributed by atoms with E-state index in [1.54, 1.807) is 0 Å². The van der Waals surface area contributed by atoms with Crippen molar-refractivity contribution in [1.29, 1.82) is 0 Å². The summed E-state index contributed by atoms with van der Waals surface area (Å²) in [6.07, 6.45) is 0. The minimum atomic E-state index is -0.151. The second-order valence-electron chi connectivity index (χ2n) is 12.6. The topological polar surface area (TPSA) is 57.8 Å². The van der Waals surface area contributed by atoms with E-state index >= 15 is 0 Å². The number of benzene rings is 4. The van der Waals surface area contributed by atoms with Crippen molar-refractivity contribution in [2.75, 3.05) is 10.2 Å². The van der Waals surface area contributed by atoms with Crippen molar-refractivity contribution in [1.82, 2.24) is 9.78 Å². The van der Waals surface area contributed by atoms with Crippen LogP contribution in [0.5, 0.6) is 0 Å². The Bertz CT molecular complexity index is 1890. The van der Waals surface area contributed by atoms with Gasteiger partial charge in [0.15, 0.2) is 17.5 Å². The molecule has 6 nitrogen and oxygen atoms in total.